The number of hydrogen-bond acceptors (Lipinski definition) is 4. The van der Waals surface area contributed by atoms with Gasteiger partial charge in [0.2, 0.25) is 11.9 Å². The number of hydrogen-bond donors (Lipinski definition) is 1. The van der Waals surface area contributed by atoms with Gasteiger partial charge in [0.1, 0.15) is 0 Å². The lowest BCUT2D eigenvalue weighted by Gasteiger charge is -2.44. The van der Waals surface area contributed by atoms with Crippen molar-refractivity contribution < 1.29 is 4.79 Å². The second-order valence-corrected chi connectivity index (χ2v) is 7.50. The average molecular weight is 302 g/mol. The van der Waals surface area contributed by atoms with E-state index < -0.39 is 11.5 Å². The molecule has 0 bridgehead atoms. The van der Waals surface area contributed by atoms with Crippen LogP contribution >= 0.6 is 0 Å². The Morgan fingerprint density at radius 3 is 2.45 bits per heavy atom. The fraction of sp³-hybridized carbons (Fsp3) is 0.824. The highest BCUT2D eigenvalue weighted by atomic mass is 16.2. The summed E-state index contributed by atoms with van der Waals surface area (Å²) in [5, 5.41) is 12.4. The Bertz CT molecular complexity index is 505. The van der Waals surface area contributed by atoms with Gasteiger partial charge in [-0.05, 0) is 31.1 Å². The lowest BCUT2D eigenvalue weighted by atomic mass is 9.72. The van der Waals surface area contributed by atoms with E-state index in [9.17, 15) is 10.1 Å². The third kappa shape index (κ3) is 2.71. The number of amides is 1. The van der Waals surface area contributed by atoms with Crippen molar-refractivity contribution in [2.75, 3.05) is 13.1 Å². The zero-order chi connectivity index (χ0) is 15.7. The van der Waals surface area contributed by atoms with E-state index in [-0.39, 0.29) is 5.91 Å². The molecule has 1 saturated heterocycles. The first kappa shape index (κ1) is 15.3. The van der Waals surface area contributed by atoms with Crippen LogP contribution in [0, 0.1) is 29.1 Å². The molecule has 22 heavy (non-hydrogen) atoms. The Labute approximate surface area is 132 Å². The number of guanidine groups is 1. The van der Waals surface area contributed by atoms with E-state index in [1.807, 2.05) is 0 Å². The van der Waals surface area contributed by atoms with Gasteiger partial charge in [-0.2, -0.15) is 5.26 Å². The number of nitriles is 1. The van der Waals surface area contributed by atoms with Gasteiger partial charge in [-0.1, -0.05) is 33.1 Å². The van der Waals surface area contributed by atoms with Crippen LogP contribution in [0.25, 0.3) is 0 Å². The van der Waals surface area contributed by atoms with Crippen LogP contribution in [0.4, 0.5) is 0 Å². The number of aliphatic imine (C=N–C) groups is 1. The SMILES string of the molecule is C[C@@H]1C[C@@H](C)CN(C2=NC3(CCCCC3)[C@H](C#N)C(=O)N2)C1. The molecule has 3 aliphatic rings. The van der Waals surface area contributed by atoms with E-state index in [1.165, 1.54) is 12.8 Å². The van der Waals surface area contributed by atoms with E-state index in [0.717, 1.165) is 44.7 Å². The monoisotopic (exact) mass is 302 g/mol. The van der Waals surface area contributed by atoms with Crippen molar-refractivity contribution >= 4 is 11.9 Å². The molecule has 0 aromatic carbocycles. The molecule has 2 heterocycles. The topological polar surface area (TPSA) is 68.5 Å². The number of carbonyl (C=O) groups is 1. The molecule has 1 aliphatic carbocycles. The molecule has 0 aromatic rings. The predicted octanol–water partition coefficient (Wildman–Crippen LogP) is 2.29. The zero-order valence-corrected chi connectivity index (χ0v) is 13.6. The van der Waals surface area contributed by atoms with Crippen LogP contribution in [0.15, 0.2) is 4.99 Å². The molecule has 1 spiro atoms. The first-order valence-corrected chi connectivity index (χ1v) is 8.59. The van der Waals surface area contributed by atoms with Crippen molar-refractivity contribution in [3.05, 3.63) is 0 Å². The van der Waals surface area contributed by atoms with Crippen LogP contribution < -0.4 is 5.32 Å². The molecule has 2 fully saturated rings. The van der Waals surface area contributed by atoms with Crippen molar-refractivity contribution in [3.8, 4) is 6.07 Å². The maximum atomic E-state index is 12.5. The van der Waals surface area contributed by atoms with Gasteiger partial charge in [0.15, 0.2) is 5.92 Å². The van der Waals surface area contributed by atoms with Gasteiger partial charge in [-0.15, -0.1) is 0 Å². The normalized spacial score (nSPS) is 34.8. The summed E-state index contributed by atoms with van der Waals surface area (Å²) in [5.74, 6) is 1.16. The second kappa shape index (κ2) is 5.91. The number of nitrogens with one attached hydrogen (secondary N) is 1. The molecule has 3 atom stereocenters. The molecule has 3 rings (SSSR count). The standard InChI is InChI=1S/C17H26N4O/c1-12-8-13(2)11-21(10-12)16-19-15(22)14(9-18)17(20-16)6-4-3-5-7-17/h12-14H,3-8,10-11H2,1-2H3,(H,19,20,22)/t12-,13-,14-/m1/s1. The summed E-state index contributed by atoms with van der Waals surface area (Å²) < 4.78 is 0. The Morgan fingerprint density at radius 1 is 1.23 bits per heavy atom. The van der Waals surface area contributed by atoms with Crippen molar-refractivity contribution in [3.63, 3.8) is 0 Å². The fourth-order valence-corrected chi connectivity index (χ4v) is 4.46. The van der Waals surface area contributed by atoms with E-state index in [4.69, 9.17) is 4.99 Å². The first-order valence-electron chi connectivity index (χ1n) is 8.59. The summed E-state index contributed by atoms with van der Waals surface area (Å²) in [6.07, 6.45) is 6.26. The minimum Gasteiger partial charge on any atom is -0.342 e. The first-order chi connectivity index (χ1) is 10.5. The summed E-state index contributed by atoms with van der Waals surface area (Å²) in [7, 11) is 0. The highest BCUT2D eigenvalue weighted by Gasteiger charge is 2.48. The Balaban J connectivity index is 1.91. The van der Waals surface area contributed by atoms with Crippen LogP contribution in [-0.4, -0.2) is 35.4 Å². The van der Waals surface area contributed by atoms with E-state index >= 15 is 0 Å². The minimum atomic E-state index is -0.629. The van der Waals surface area contributed by atoms with Crippen LogP contribution in [0.5, 0.6) is 0 Å². The molecule has 120 valence electrons. The Kier molecular flexibility index (Phi) is 4.12. The maximum Gasteiger partial charge on any atom is 0.246 e. The molecule has 1 saturated carbocycles. The van der Waals surface area contributed by atoms with E-state index in [1.54, 1.807) is 0 Å². The van der Waals surface area contributed by atoms with E-state index in [2.05, 4.69) is 30.1 Å². The van der Waals surface area contributed by atoms with Gasteiger partial charge < -0.3 is 4.90 Å². The van der Waals surface area contributed by atoms with Gasteiger partial charge in [0.25, 0.3) is 0 Å². The molecular weight excluding hydrogens is 276 g/mol. The highest BCUT2D eigenvalue weighted by molar-refractivity contribution is 6.02. The van der Waals surface area contributed by atoms with Gasteiger partial charge in [0.05, 0.1) is 11.6 Å². The lowest BCUT2D eigenvalue weighted by Crippen LogP contribution is -2.59. The van der Waals surface area contributed by atoms with Gasteiger partial charge in [-0.3, -0.25) is 10.1 Å². The quantitative estimate of drug-likeness (QED) is 0.746. The summed E-state index contributed by atoms with van der Waals surface area (Å²) in [5.41, 5.74) is -0.478. The number of piperidine rings is 1. The summed E-state index contributed by atoms with van der Waals surface area (Å²) in [6, 6.07) is 2.22. The van der Waals surface area contributed by atoms with E-state index in [0.29, 0.717) is 11.8 Å². The molecule has 0 unspecified atom stereocenters. The Hall–Kier alpha value is -1.57. The zero-order valence-electron chi connectivity index (χ0n) is 13.6. The minimum absolute atomic E-state index is 0.153. The number of nitrogens with zero attached hydrogens (tertiary/aromatic N) is 3. The fourth-order valence-electron chi connectivity index (χ4n) is 4.46. The molecule has 1 N–H and O–H groups in total. The third-order valence-corrected chi connectivity index (χ3v) is 5.38. The summed E-state index contributed by atoms with van der Waals surface area (Å²) >= 11 is 0. The van der Waals surface area contributed by atoms with Crippen LogP contribution in [-0.2, 0) is 4.79 Å². The van der Waals surface area contributed by atoms with Gasteiger partial charge in [0, 0.05) is 13.1 Å². The number of rotatable bonds is 0. The van der Waals surface area contributed by atoms with Crippen LogP contribution in [0.1, 0.15) is 52.4 Å². The predicted molar refractivity (Wildman–Crippen MR) is 85.0 cm³/mol. The molecule has 2 aliphatic heterocycles. The highest BCUT2D eigenvalue weighted by Crippen LogP contribution is 2.40. The second-order valence-electron chi connectivity index (χ2n) is 7.50. The molecule has 5 nitrogen and oxygen atoms in total. The molecular formula is C17H26N4O. The summed E-state index contributed by atoms with van der Waals surface area (Å²) in [4.78, 5) is 19.7. The average Bonchev–Trinajstić information content (AvgIpc) is 2.47. The lowest BCUT2D eigenvalue weighted by molar-refractivity contribution is -0.125. The van der Waals surface area contributed by atoms with Crippen molar-refractivity contribution in [1.82, 2.24) is 10.2 Å². The molecule has 5 heteroatoms. The number of likely N-dealkylation sites (tertiary alicyclic amines) is 1. The molecule has 0 aromatic heterocycles. The molecule has 0 radical (unpaired) electrons. The molecule has 1 amide bonds. The van der Waals surface area contributed by atoms with Gasteiger partial charge >= 0.3 is 0 Å². The third-order valence-electron chi connectivity index (χ3n) is 5.38. The van der Waals surface area contributed by atoms with Crippen molar-refractivity contribution in [2.24, 2.45) is 22.7 Å². The largest absolute Gasteiger partial charge is 0.342 e. The van der Waals surface area contributed by atoms with Crippen molar-refractivity contribution in [2.45, 2.75) is 57.9 Å². The smallest absolute Gasteiger partial charge is 0.246 e. The summed E-state index contributed by atoms with van der Waals surface area (Å²) in [6.45, 7) is 6.39. The van der Waals surface area contributed by atoms with Crippen molar-refractivity contribution in [1.29, 1.82) is 5.26 Å². The Morgan fingerprint density at radius 2 is 1.86 bits per heavy atom. The van der Waals surface area contributed by atoms with Gasteiger partial charge in [-0.25, -0.2) is 4.99 Å². The number of carbonyl (C=O) groups excluding carboxylic acids is 1. The maximum absolute atomic E-state index is 12.5. The van der Waals surface area contributed by atoms with Crippen LogP contribution in [0.2, 0.25) is 0 Å². The van der Waals surface area contributed by atoms with Crippen LogP contribution in [0.3, 0.4) is 0 Å².